The van der Waals surface area contributed by atoms with Crippen LogP contribution in [0.25, 0.3) is 20.4 Å². The highest BCUT2D eigenvalue weighted by Crippen LogP contribution is 2.16. The second-order valence-corrected chi connectivity index (χ2v) is 9.20. The van der Waals surface area contributed by atoms with Gasteiger partial charge in [-0.1, -0.05) is 65.1 Å². The van der Waals surface area contributed by atoms with Gasteiger partial charge in [0.25, 0.3) is 0 Å². The van der Waals surface area contributed by atoms with E-state index in [0.717, 1.165) is 31.8 Å². The van der Waals surface area contributed by atoms with Gasteiger partial charge in [-0.3, -0.25) is 0 Å². The van der Waals surface area contributed by atoms with Gasteiger partial charge in [-0.15, -0.1) is 10.2 Å². The molecule has 0 bridgehead atoms. The number of benzene rings is 3. The number of aryl methyl sites for hydroxylation is 2. The number of rotatable bonds is 4. The molecule has 0 aliphatic rings. The lowest BCUT2D eigenvalue weighted by Gasteiger charge is -1.95. The van der Waals surface area contributed by atoms with Gasteiger partial charge in [0, 0.05) is 14.1 Å². The maximum Gasteiger partial charge on any atom is 0.211 e. The van der Waals surface area contributed by atoms with E-state index in [1.54, 1.807) is 35.1 Å². The van der Waals surface area contributed by atoms with Crippen molar-refractivity contribution in [3.63, 3.8) is 0 Å². The summed E-state index contributed by atoms with van der Waals surface area (Å²) in [5.74, 6) is 0. The molecule has 2 aromatic heterocycles. The third-order valence-corrected chi connectivity index (χ3v) is 7.25. The fourth-order valence-corrected chi connectivity index (χ4v) is 5.32. The summed E-state index contributed by atoms with van der Waals surface area (Å²) in [5, 5.41) is 17.4. The molecule has 5 rings (SSSR count). The highest BCUT2D eigenvalue weighted by molar-refractivity contribution is 7.16. The normalized spacial score (nSPS) is 13.4. The molecule has 0 N–H and O–H groups in total. The molecule has 0 atom stereocenters. The third kappa shape index (κ3) is 4.10. The molecule has 0 amide bonds. The van der Waals surface area contributed by atoms with Gasteiger partial charge in [-0.05, 0) is 41.5 Å². The Kier molecular flexibility index (Phi) is 5.62. The number of hydrogen-bond donors (Lipinski definition) is 0. The van der Waals surface area contributed by atoms with Gasteiger partial charge in [-0.25, -0.2) is 0 Å². The molecule has 0 aliphatic carbocycles. The second-order valence-electron chi connectivity index (χ2n) is 7.18. The van der Waals surface area contributed by atoms with Crippen LogP contribution in [0.3, 0.4) is 0 Å². The maximum atomic E-state index is 4.40. The van der Waals surface area contributed by atoms with E-state index in [2.05, 4.69) is 53.8 Å². The molecule has 0 aliphatic heterocycles. The first-order valence-corrected chi connectivity index (χ1v) is 11.7. The Hall–Kier alpha value is -3.62. The van der Waals surface area contributed by atoms with Crippen LogP contribution in [0.1, 0.15) is 11.1 Å². The molecular weight excluding hydrogens is 436 g/mol. The molecule has 0 saturated carbocycles. The van der Waals surface area contributed by atoms with Gasteiger partial charge >= 0.3 is 0 Å². The molecule has 0 unspecified atom stereocenters. The summed E-state index contributed by atoms with van der Waals surface area (Å²) in [4.78, 5) is 1.71. The van der Waals surface area contributed by atoms with Gasteiger partial charge < -0.3 is 9.13 Å². The molecule has 158 valence electrons. The Morgan fingerprint density at radius 2 is 1.09 bits per heavy atom. The van der Waals surface area contributed by atoms with E-state index in [1.165, 1.54) is 9.40 Å². The first-order valence-electron chi connectivity index (χ1n) is 10.0. The highest BCUT2D eigenvalue weighted by Gasteiger charge is 2.01. The van der Waals surface area contributed by atoms with Crippen LogP contribution in [0.2, 0.25) is 0 Å². The molecule has 8 heteroatoms. The topological polar surface area (TPSA) is 59.3 Å². The zero-order chi connectivity index (χ0) is 21.9. The fraction of sp³-hybridized carbons (Fsp3) is 0.0833. The van der Waals surface area contributed by atoms with Crippen LogP contribution >= 0.6 is 22.7 Å². The molecular formula is C24H20N6S2. The largest absolute Gasteiger partial charge is 0.318 e. The summed E-state index contributed by atoms with van der Waals surface area (Å²) < 4.78 is 6.49. The number of hydrogen-bond acceptors (Lipinski definition) is 6. The Morgan fingerprint density at radius 3 is 1.56 bits per heavy atom. The summed E-state index contributed by atoms with van der Waals surface area (Å²) in [7, 11) is 4.01. The number of para-hydroxylation sites is 2. The summed E-state index contributed by atoms with van der Waals surface area (Å²) >= 11 is 3.24. The van der Waals surface area contributed by atoms with Gasteiger partial charge in [0.05, 0.1) is 32.9 Å². The Bertz CT molecular complexity index is 1490. The lowest BCUT2D eigenvalue weighted by atomic mass is 10.1. The Morgan fingerprint density at radius 1 is 0.625 bits per heavy atom. The molecule has 3 aromatic carbocycles. The predicted octanol–water partition coefficient (Wildman–Crippen LogP) is 4.66. The number of aromatic nitrogens is 2. The minimum atomic E-state index is 0.857. The van der Waals surface area contributed by atoms with Crippen molar-refractivity contribution >= 4 is 55.5 Å². The van der Waals surface area contributed by atoms with Crippen LogP contribution < -0.4 is 9.60 Å². The predicted molar refractivity (Wildman–Crippen MR) is 134 cm³/mol. The van der Waals surface area contributed by atoms with Crippen molar-refractivity contribution in [3.05, 3.63) is 93.5 Å². The number of thiazole rings is 2. The van der Waals surface area contributed by atoms with E-state index >= 15 is 0 Å². The smallest absolute Gasteiger partial charge is 0.211 e. The average Bonchev–Trinajstić information content (AvgIpc) is 3.31. The maximum absolute atomic E-state index is 4.40. The van der Waals surface area contributed by atoms with Crippen LogP contribution in [0.5, 0.6) is 0 Å². The molecule has 0 saturated heterocycles. The SMILES string of the molecule is Cn1/c(=N/N=C/c2cccc(/C=N/N=c3\sc4ccccc4n3C)c2)sc2ccccc21. The van der Waals surface area contributed by atoms with Crippen LogP contribution in [-0.4, -0.2) is 21.6 Å². The first-order chi connectivity index (χ1) is 15.7. The minimum absolute atomic E-state index is 0.857. The average molecular weight is 457 g/mol. The van der Waals surface area contributed by atoms with Crippen LogP contribution in [0.4, 0.5) is 0 Å². The number of fused-ring (bicyclic) bond motifs is 2. The van der Waals surface area contributed by atoms with Gasteiger partial charge in [0.1, 0.15) is 0 Å². The molecule has 6 nitrogen and oxygen atoms in total. The highest BCUT2D eigenvalue weighted by atomic mass is 32.1. The van der Waals surface area contributed by atoms with Crippen LogP contribution in [-0.2, 0) is 14.1 Å². The quantitative estimate of drug-likeness (QED) is 0.279. The zero-order valence-corrected chi connectivity index (χ0v) is 19.2. The third-order valence-electron chi connectivity index (χ3n) is 5.04. The summed E-state index contributed by atoms with van der Waals surface area (Å²) in [6.45, 7) is 0. The monoisotopic (exact) mass is 456 g/mol. The van der Waals surface area contributed by atoms with E-state index in [4.69, 9.17) is 0 Å². The van der Waals surface area contributed by atoms with Crippen molar-refractivity contribution in [2.24, 2.45) is 34.5 Å². The zero-order valence-electron chi connectivity index (χ0n) is 17.6. The standard InChI is InChI=1S/C24H20N6S2/c1-29-19-10-3-5-12-21(19)31-23(29)27-25-15-17-8-7-9-18(14-17)16-26-28-24-30(2)20-11-4-6-13-22(20)32-24/h3-16H,1-2H3/b25-15+,26-16+,27-23-,28-24-. The van der Waals surface area contributed by atoms with Gasteiger partial charge in [0.15, 0.2) is 0 Å². The first kappa shape index (κ1) is 20.3. The van der Waals surface area contributed by atoms with E-state index in [-0.39, 0.29) is 0 Å². The van der Waals surface area contributed by atoms with Crippen molar-refractivity contribution in [1.82, 2.24) is 9.13 Å². The van der Waals surface area contributed by atoms with Crippen LogP contribution in [0.15, 0.2) is 93.2 Å². The van der Waals surface area contributed by atoms with E-state index in [0.29, 0.717) is 0 Å². The van der Waals surface area contributed by atoms with Gasteiger partial charge in [0.2, 0.25) is 9.60 Å². The van der Waals surface area contributed by atoms with Gasteiger partial charge in [-0.2, -0.15) is 10.2 Å². The molecule has 0 fully saturated rings. The lowest BCUT2D eigenvalue weighted by Crippen LogP contribution is -2.09. The molecule has 5 aromatic rings. The molecule has 2 heterocycles. The number of nitrogens with zero attached hydrogens (tertiary/aromatic N) is 6. The van der Waals surface area contributed by atoms with Crippen molar-refractivity contribution in [2.45, 2.75) is 0 Å². The summed E-state index contributed by atoms with van der Waals surface area (Å²) in [5.41, 5.74) is 4.21. The van der Waals surface area contributed by atoms with Crippen LogP contribution in [0, 0.1) is 0 Å². The van der Waals surface area contributed by atoms with E-state index < -0.39 is 0 Å². The van der Waals surface area contributed by atoms with E-state index in [9.17, 15) is 0 Å². The molecule has 32 heavy (non-hydrogen) atoms. The lowest BCUT2D eigenvalue weighted by molar-refractivity contribution is 0.889. The van der Waals surface area contributed by atoms with Crippen molar-refractivity contribution in [3.8, 4) is 0 Å². The van der Waals surface area contributed by atoms with Crippen molar-refractivity contribution < 1.29 is 0 Å². The Labute approximate surface area is 192 Å². The summed E-state index contributed by atoms with van der Waals surface area (Å²) in [6.07, 6.45) is 3.51. The minimum Gasteiger partial charge on any atom is -0.318 e. The van der Waals surface area contributed by atoms with E-state index in [1.807, 2.05) is 62.6 Å². The molecule has 0 spiro atoms. The summed E-state index contributed by atoms with van der Waals surface area (Å²) in [6, 6.07) is 24.4. The van der Waals surface area contributed by atoms with Crippen molar-refractivity contribution in [1.29, 1.82) is 0 Å². The Balaban J connectivity index is 1.37. The van der Waals surface area contributed by atoms with Crippen molar-refractivity contribution in [2.75, 3.05) is 0 Å². The molecule has 0 radical (unpaired) electrons. The fourth-order valence-electron chi connectivity index (χ4n) is 3.37. The second kappa shape index (κ2) is 8.86.